The van der Waals surface area contributed by atoms with Gasteiger partial charge in [-0.25, -0.2) is 0 Å². The average molecular weight is 304 g/mol. The topological polar surface area (TPSA) is 17.8 Å². The first-order valence-corrected chi connectivity index (χ1v) is 6.85. The summed E-state index contributed by atoms with van der Waals surface area (Å²) in [4.78, 5) is 0. The highest BCUT2D eigenvalue weighted by molar-refractivity contribution is 6.35. The SMILES string of the molecule is Cc1nn(Cc2c(Cl)cccc2Cl)c(C)c1CCl. The van der Waals surface area contributed by atoms with Gasteiger partial charge >= 0.3 is 0 Å². The van der Waals surface area contributed by atoms with Gasteiger partial charge in [-0.15, -0.1) is 11.6 Å². The minimum Gasteiger partial charge on any atom is -0.265 e. The van der Waals surface area contributed by atoms with Crippen molar-refractivity contribution in [3.8, 4) is 0 Å². The van der Waals surface area contributed by atoms with Crippen LogP contribution in [0.1, 0.15) is 22.5 Å². The molecule has 0 fully saturated rings. The molecule has 2 aromatic rings. The molecule has 2 rings (SSSR count). The van der Waals surface area contributed by atoms with Crippen LogP contribution in [0.5, 0.6) is 0 Å². The Kier molecular flexibility index (Phi) is 4.21. The van der Waals surface area contributed by atoms with Crippen molar-refractivity contribution < 1.29 is 0 Å². The fraction of sp³-hybridized carbons (Fsp3) is 0.308. The van der Waals surface area contributed by atoms with Crippen molar-refractivity contribution in [2.45, 2.75) is 26.3 Å². The maximum atomic E-state index is 6.16. The molecule has 0 aliphatic carbocycles. The summed E-state index contributed by atoms with van der Waals surface area (Å²) >= 11 is 18.2. The smallest absolute Gasteiger partial charge is 0.0692 e. The van der Waals surface area contributed by atoms with Crippen LogP contribution in [-0.2, 0) is 12.4 Å². The lowest BCUT2D eigenvalue weighted by Crippen LogP contribution is -2.05. The molecule has 0 atom stereocenters. The summed E-state index contributed by atoms with van der Waals surface area (Å²) in [6, 6.07) is 5.49. The van der Waals surface area contributed by atoms with E-state index in [4.69, 9.17) is 34.8 Å². The Morgan fingerprint density at radius 2 is 1.72 bits per heavy atom. The lowest BCUT2D eigenvalue weighted by atomic mass is 10.2. The Hall–Kier alpha value is -0.700. The molecular formula is C13H13Cl3N2. The van der Waals surface area contributed by atoms with Gasteiger partial charge in [0.1, 0.15) is 0 Å². The van der Waals surface area contributed by atoms with Crippen molar-refractivity contribution in [1.82, 2.24) is 9.78 Å². The highest BCUT2D eigenvalue weighted by Crippen LogP contribution is 2.26. The molecule has 0 N–H and O–H groups in total. The molecule has 0 aliphatic rings. The van der Waals surface area contributed by atoms with E-state index in [0.29, 0.717) is 22.5 Å². The van der Waals surface area contributed by atoms with E-state index < -0.39 is 0 Å². The van der Waals surface area contributed by atoms with E-state index in [1.54, 1.807) is 0 Å². The van der Waals surface area contributed by atoms with Gasteiger partial charge in [-0.1, -0.05) is 29.3 Å². The first-order chi connectivity index (χ1) is 8.54. The summed E-state index contributed by atoms with van der Waals surface area (Å²) in [5, 5.41) is 5.78. The fourth-order valence-electron chi connectivity index (χ4n) is 1.91. The van der Waals surface area contributed by atoms with Gasteiger partial charge in [-0.3, -0.25) is 4.68 Å². The minimum atomic E-state index is 0.466. The molecule has 0 aliphatic heterocycles. The molecule has 0 spiro atoms. The second kappa shape index (κ2) is 5.52. The molecule has 18 heavy (non-hydrogen) atoms. The second-order valence-electron chi connectivity index (χ2n) is 4.14. The van der Waals surface area contributed by atoms with Crippen molar-refractivity contribution >= 4 is 34.8 Å². The number of nitrogens with zero attached hydrogens (tertiary/aromatic N) is 2. The summed E-state index contributed by atoms with van der Waals surface area (Å²) in [6.07, 6.45) is 0. The normalized spacial score (nSPS) is 10.9. The number of hydrogen-bond acceptors (Lipinski definition) is 1. The fourth-order valence-corrected chi connectivity index (χ4v) is 2.82. The zero-order chi connectivity index (χ0) is 13.3. The number of aryl methyl sites for hydroxylation is 1. The first kappa shape index (κ1) is 13.7. The molecule has 0 amide bonds. The van der Waals surface area contributed by atoms with Crippen LogP contribution in [0.25, 0.3) is 0 Å². The third-order valence-electron chi connectivity index (χ3n) is 3.03. The van der Waals surface area contributed by atoms with E-state index in [2.05, 4.69) is 5.10 Å². The predicted octanol–water partition coefficient (Wildman–Crippen LogP) is 4.59. The Bertz CT molecular complexity index is 556. The van der Waals surface area contributed by atoms with Gasteiger partial charge in [-0.05, 0) is 26.0 Å². The van der Waals surface area contributed by atoms with Gasteiger partial charge in [0.2, 0.25) is 0 Å². The van der Waals surface area contributed by atoms with Crippen molar-refractivity contribution in [2.75, 3.05) is 0 Å². The molecule has 2 nitrogen and oxygen atoms in total. The number of hydrogen-bond donors (Lipinski definition) is 0. The lowest BCUT2D eigenvalue weighted by Gasteiger charge is -2.09. The predicted molar refractivity (Wildman–Crippen MR) is 76.8 cm³/mol. The summed E-state index contributed by atoms with van der Waals surface area (Å²) in [6.45, 7) is 4.51. The van der Waals surface area contributed by atoms with E-state index in [1.165, 1.54) is 0 Å². The number of benzene rings is 1. The third-order valence-corrected chi connectivity index (χ3v) is 4.01. The molecule has 1 aromatic heterocycles. The largest absolute Gasteiger partial charge is 0.265 e. The van der Waals surface area contributed by atoms with Crippen LogP contribution >= 0.6 is 34.8 Å². The van der Waals surface area contributed by atoms with Gasteiger partial charge in [-0.2, -0.15) is 5.10 Å². The maximum Gasteiger partial charge on any atom is 0.0692 e. The molecule has 0 saturated heterocycles. The molecule has 1 aromatic carbocycles. The Morgan fingerprint density at radius 3 is 2.22 bits per heavy atom. The molecule has 0 radical (unpaired) electrons. The van der Waals surface area contributed by atoms with Crippen LogP contribution in [-0.4, -0.2) is 9.78 Å². The number of halogens is 3. The Labute approximate surface area is 121 Å². The molecule has 1 heterocycles. The van der Waals surface area contributed by atoms with Crippen LogP contribution in [0.3, 0.4) is 0 Å². The maximum absolute atomic E-state index is 6.16. The van der Waals surface area contributed by atoms with Crippen LogP contribution in [0.2, 0.25) is 10.0 Å². The Morgan fingerprint density at radius 1 is 1.11 bits per heavy atom. The quantitative estimate of drug-likeness (QED) is 0.758. The highest BCUT2D eigenvalue weighted by Gasteiger charge is 2.13. The van der Waals surface area contributed by atoms with Gasteiger partial charge in [0.25, 0.3) is 0 Å². The van der Waals surface area contributed by atoms with Crippen LogP contribution in [0, 0.1) is 13.8 Å². The van der Waals surface area contributed by atoms with Crippen LogP contribution < -0.4 is 0 Å². The highest BCUT2D eigenvalue weighted by atomic mass is 35.5. The molecule has 96 valence electrons. The van der Waals surface area contributed by atoms with Gasteiger partial charge < -0.3 is 0 Å². The number of alkyl halides is 1. The second-order valence-corrected chi connectivity index (χ2v) is 5.22. The number of aromatic nitrogens is 2. The summed E-state index contributed by atoms with van der Waals surface area (Å²) in [5.41, 5.74) is 3.96. The first-order valence-electron chi connectivity index (χ1n) is 5.56. The summed E-state index contributed by atoms with van der Waals surface area (Å²) in [7, 11) is 0. The van der Waals surface area contributed by atoms with Gasteiger partial charge in [0, 0.05) is 26.9 Å². The van der Waals surface area contributed by atoms with Crippen LogP contribution in [0.4, 0.5) is 0 Å². The summed E-state index contributed by atoms with van der Waals surface area (Å²) < 4.78 is 1.89. The van der Waals surface area contributed by atoms with Crippen LogP contribution in [0.15, 0.2) is 18.2 Å². The van der Waals surface area contributed by atoms with E-state index in [1.807, 2.05) is 36.7 Å². The average Bonchev–Trinajstić information content (AvgIpc) is 2.59. The van der Waals surface area contributed by atoms with E-state index in [0.717, 1.165) is 22.5 Å². The minimum absolute atomic E-state index is 0.466. The van der Waals surface area contributed by atoms with Crippen molar-refractivity contribution in [1.29, 1.82) is 0 Å². The van der Waals surface area contributed by atoms with E-state index >= 15 is 0 Å². The molecule has 0 unspecified atom stereocenters. The van der Waals surface area contributed by atoms with Crippen molar-refractivity contribution in [2.24, 2.45) is 0 Å². The lowest BCUT2D eigenvalue weighted by molar-refractivity contribution is 0.658. The molecule has 5 heteroatoms. The number of rotatable bonds is 3. The zero-order valence-electron chi connectivity index (χ0n) is 10.2. The monoisotopic (exact) mass is 302 g/mol. The molecule has 0 bridgehead atoms. The molecule has 0 saturated carbocycles. The molecular weight excluding hydrogens is 291 g/mol. The third kappa shape index (κ3) is 2.51. The van der Waals surface area contributed by atoms with E-state index in [9.17, 15) is 0 Å². The van der Waals surface area contributed by atoms with Crippen molar-refractivity contribution in [3.63, 3.8) is 0 Å². The van der Waals surface area contributed by atoms with Crippen molar-refractivity contribution in [3.05, 3.63) is 50.8 Å². The van der Waals surface area contributed by atoms with Gasteiger partial charge in [0.15, 0.2) is 0 Å². The zero-order valence-corrected chi connectivity index (χ0v) is 12.4. The van der Waals surface area contributed by atoms with Gasteiger partial charge in [0.05, 0.1) is 18.1 Å². The van der Waals surface area contributed by atoms with E-state index in [-0.39, 0.29) is 0 Å². The summed E-state index contributed by atoms with van der Waals surface area (Å²) in [5.74, 6) is 0.466. The standard InChI is InChI=1S/C13H13Cl3N2/c1-8-10(6-14)9(2)18(17-8)7-11-12(15)4-3-5-13(11)16/h3-5H,6-7H2,1-2H3. The Balaban J connectivity index is 2.41.